The number of nitrogens with one attached hydrogen (secondary N) is 2. The number of anilines is 4. The van der Waals surface area contributed by atoms with E-state index in [0.717, 1.165) is 17.8 Å². The van der Waals surface area contributed by atoms with Crippen LogP contribution in [0.1, 0.15) is 18.2 Å². The molecule has 0 spiro atoms. The molecule has 4 nitrogen and oxygen atoms in total. The Morgan fingerprint density at radius 2 is 1.62 bits per heavy atom. The third-order valence-electron chi connectivity index (χ3n) is 3.64. The van der Waals surface area contributed by atoms with E-state index in [9.17, 15) is 4.39 Å². The molecule has 0 amide bonds. The van der Waals surface area contributed by atoms with Gasteiger partial charge in [-0.1, -0.05) is 37.3 Å². The summed E-state index contributed by atoms with van der Waals surface area (Å²) in [7, 11) is 0. The van der Waals surface area contributed by atoms with Gasteiger partial charge >= 0.3 is 0 Å². The van der Waals surface area contributed by atoms with Crippen molar-refractivity contribution >= 4 is 23.1 Å². The van der Waals surface area contributed by atoms with E-state index in [2.05, 4.69) is 33.6 Å². The fourth-order valence-corrected chi connectivity index (χ4v) is 2.46. The van der Waals surface area contributed by atoms with Gasteiger partial charge in [0.05, 0.1) is 5.69 Å². The number of nitrogens with zero attached hydrogens (tertiary/aromatic N) is 2. The van der Waals surface area contributed by atoms with Crippen LogP contribution in [0.3, 0.4) is 0 Å². The zero-order valence-electron chi connectivity index (χ0n) is 13.7. The van der Waals surface area contributed by atoms with Crippen molar-refractivity contribution in [1.29, 1.82) is 0 Å². The molecule has 122 valence electrons. The SMILES string of the molecule is CCc1ccccc1Nc1cc(C)nc(Nc2ccccc2F)n1. The van der Waals surface area contributed by atoms with Gasteiger partial charge in [-0.15, -0.1) is 0 Å². The first kappa shape index (κ1) is 15.9. The van der Waals surface area contributed by atoms with Crippen molar-refractivity contribution in [3.63, 3.8) is 0 Å². The Hall–Kier alpha value is -2.95. The van der Waals surface area contributed by atoms with E-state index in [0.29, 0.717) is 17.5 Å². The van der Waals surface area contributed by atoms with Gasteiger partial charge in [0.25, 0.3) is 0 Å². The first-order chi connectivity index (χ1) is 11.7. The first-order valence-corrected chi connectivity index (χ1v) is 7.88. The van der Waals surface area contributed by atoms with E-state index in [1.807, 2.05) is 31.2 Å². The molecule has 24 heavy (non-hydrogen) atoms. The molecule has 5 heteroatoms. The van der Waals surface area contributed by atoms with Gasteiger partial charge < -0.3 is 10.6 Å². The molecule has 0 radical (unpaired) electrons. The highest BCUT2D eigenvalue weighted by Crippen LogP contribution is 2.23. The fraction of sp³-hybridized carbons (Fsp3) is 0.158. The Morgan fingerprint density at radius 1 is 0.917 bits per heavy atom. The van der Waals surface area contributed by atoms with E-state index in [1.54, 1.807) is 18.2 Å². The van der Waals surface area contributed by atoms with Crippen molar-refractivity contribution in [2.45, 2.75) is 20.3 Å². The van der Waals surface area contributed by atoms with E-state index < -0.39 is 0 Å². The molecule has 0 fully saturated rings. The Kier molecular flexibility index (Phi) is 4.70. The lowest BCUT2D eigenvalue weighted by molar-refractivity contribution is 0.631. The van der Waals surface area contributed by atoms with Crippen LogP contribution in [0.5, 0.6) is 0 Å². The molecule has 0 unspecified atom stereocenters. The second-order valence-corrected chi connectivity index (χ2v) is 5.46. The molecule has 3 aromatic rings. The quantitative estimate of drug-likeness (QED) is 0.696. The van der Waals surface area contributed by atoms with Gasteiger partial charge in [0.1, 0.15) is 11.6 Å². The Bertz CT molecular complexity index is 848. The largest absolute Gasteiger partial charge is 0.340 e. The smallest absolute Gasteiger partial charge is 0.229 e. The van der Waals surface area contributed by atoms with Crippen LogP contribution in [0.2, 0.25) is 0 Å². The zero-order valence-corrected chi connectivity index (χ0v) is 13.7. The van der Waals surface area contributed by atoms with Crippen LogP contribution in [0.15, 0.2) is 54.6 Å². The van der Waals surface area contributed by atoms with Crippen LogP contribution in [-0.2, 0) is 6.42 Å². The van der Waals surface area contributed by atoms with Crippen molar-refractivity contribution < 1.29 is 4.39 Å². The topological polar surface area (TPSA) is 49.8 Å². The molecule has 3 rings (SSSR count). The standard InChI is InChI=1S/C19H19FN4/c1-3-14-8-4-6-10-16(14)22-18-12-13(2)21-19(24-18)23-17-11-7-5-9-15(17)20/h4-12H,3H2,1-2H3,(H2,21,22,23,24). The van der Waals surface area contributed by atoms with Gasteiger partial charge in [0.15, 0.2) is 0 Å². The van der Waals surface area contributed by atoms with Crippen LogP contribution < -0.4 is 10.6 Å². The summed E-state index contributed by atoms with van der Waals surface area (Å²) in [6.07, 6.45) is 0.924. The number of halogens is 1. The molecule has 0 bridgehead atoms. The van der Waals surface area contributed by atoms with Gasteiger partial charge in [0.2, 0.25) is 5.95 Å². The van der Waals surface area contributed by atoms with Crippen LogP contribution in [0.25, 0.3) is 0 Å². The second-order valence-electron chi connectivity index (χ2n) is 5.46. The average molecular weight is 322 g/mol. The Morgan fingerprint density at radius 3 is 2.38 bits per heavy atom. The van der Waals surface area contributed by atoms with Gasteiger partial charge in [-0.25, -0.2) is 9.37 Å². The molecule has 1 aromatic heterocycles. The number of para-hydroxylation sites is 2. The minimum Gasteiger partial charge on any atom is -0.340 e. The highest BCUT2D eigenvalue weighted by molar-refractivity contribution is 5.63. The molecular weight excluding hydrogens is 303 g/mol. The Balaban J connectivity index is 1.88. The lowest BCUT2D eigenvalue weighted by atomic mass is 10.1. The van der Waals surface area contributed by atoms with Crippen molar-refractivity contribution in [3.8, 4) is 0 Å². The highest BCUT2D eigenvalue weighted by Gasteiger charge is 2.07. The van der Waals surface area contributed by atoms with Crippen LogP contribution in [-0.4, -0.2) is 9.97 Å². The number of hydrogen-bond donors (Lipinski definition) is 2. The summed E-state index contributed by atoms with van der Waals surface area (Å²) in [6, 6.07) is 16.4. The maximum absolute atomic E-state index is 13.8. The predicted octanol–water partition coefficient (Wildman–Crippen LogP) is 4.97. The van der Waals surface area contributed by atoms with E-state index >= 15 is 0 Å². The molecular formula is C19H19FN4. The first-order valence-electron chi connectivity index (χ1n) is 7.88. The average Bonchev–Trinajstić information content (AvgIpc) is 2.57. The maximum atomic E-state index is 13.8. The number of hydrogen-bond acceptors (Lipinski definition) is 4. The summed E-state index contributed by atoms with van der Waals surface area (Å²) >= 11 is 0. The summed E-state index contributed by atoms with van der Waals surface area (Å²) in [4.78, 5) is 8.77. The van der Waals surface area contributed by atoms with Crippen LogP contribution >= 0.6 is 0 Å². The molecule has 0 saturated carbocycles. The molecule has 2 N–H and O–H groups in total. The molecule has 2 aromatic carbocycles. The highest BCUT2D eigenvalue weighted by atomic mass is 19.1. The van der Waals surface area contributed by atoms with Crippen molar-refractivity contribution in [1.82, 2.24) is 9.97 Å². The number of rotatable bonds is 5. The summed E-state index contributed by atoms with van der Waals surface area (Å²) in [5.74, 6) is 0.687. The summed E-state index contributed by atoms with van der Waals surface area (Å²) in [5.41, 5.74) is 3.36. The number of benzene rings is 2. The number of aromatic nitrogens is 2. The monoisotopic (exact) mass is 322 g/mol. The third-order valence-corrected chi connectivity index (χ3v) is 3.64. The molecule has 0 aliphatic heterocycles. The zero-order chi connectivity index (χ0) is 16.9. The summed E-state index contributed by atoms with van der Waals surface area (Å²) in [6.45, 7) is 3.99. The van der Waals surface area contributed by atoms with Gasteiger partial charge in [-0.3, -0.25) is 0 Å². The Labute approximate surface area is 140 Å². The van der Waals surface area contributed by atoms with Crippen molar-refractivity contribution in [2.24, 2.45) is 0 Å². The van der Waals surface area contributed by atoms with Gasteiger partial charge in [-0.05, 0) is 37.1 Å². The van der Waals surface area contributed by atoms with E-state index in [1.165, 1.54) is 11.6 Å². The molecule has 0 atom stereocenters. The van der Waals surface area contributed by atoms with Crippen LogP contribution in [0, 0.1) is 12.7 Å². The molecule has 0 aliphatic rings. The summed E-state index contributed by atoms with van der Waals surface area (Å²) < 4.78 is 13.8. The van der Waals surface area contributed by atoms with Gasteiger partial charge in [0, 0.05) is 17.4 Å². The minimum absolute atomic E-state index is 0.339. The van der Waals surface area contributed by atoms with Gasteiger partial charge in [-0.2, -0.15) is 4.98 Å². The predicted molar refractivity (Wildman–Crippen MR) is 95.6 cm³/mol. The molecule has 0 saturated heterocycles. The van der Waals surface area contributed by atoms with Crippen molar-refractivity contribution in [2.75, 3.05) is 10.6 Å². The third kappa shape index (κ3) is 3.68. The lowest BCUT2D eigenvalue weighted by Gasteiger charge is -2.12. The minimum atomic E-state index is -0.339. The molecule has 1 heterocycles. The fourth-order valence-electron chi connectivity index (χ4n) is 2.46. The maximum Gasteiger partial charge on any atom is 0.229 e. The number of aryl methyl sites for hydroxylation is 2. The lowest BCUT2D eigenvalue weighted by Crippen LogP contribution is -2.04. The van der Waals surface area contributed by atoms with Crippen LogP contribution in [0.4, 0.5) is 27.5 Å². The van der Waals surface area contributed by atoms with E-state index in [-0.39, 0.29) is 5.82 Å². The normalized spacial score (nSPS) is 10.5. The van der Waals surface area contributed by atoms with Crippen molar-refractivity contribution in [3.05, 3.63) is 71.7 Å². The van der Waals surface area contributed by atoms with E-state index in [4.69, 9.17) is 0 Å². The molecule has 0 aliphatic carbocycles. The summed E-state index contributed by atoms with van der Waals surface area (Å²) in [5, 5.41) is 6.25. The second kappa shape index (κ2) is 7.08.